The van der Waals surface area contributed by atoms with Gasteiger partial charge in [0, 0.05) is 24.7 Å². The van der Waals surface area contributed by atoms with Crippen molar-refractivity contribution in [1.29, 1.82) is 0 Å². The van der Waals surface area contributed by atoms with Gasteiger partial charge in [-0.15, -0.1) is 0 Å². The molecule has 2 rings (SSSR count). The fourth-order valence-electron chi connectivity index (χ4n) is 3.05. The van der Waals surface area contributed by atoms with Crippen molar-refractivity contribution in [2.45, 2.75) is 44.9 Å². The van der Waals surface area contributed by atoms with Crippen molar-refractivity contribution >= 4 is 34.8 Å². The van der Waals surface area contributed by atoms with E-state index in [1.165, 1.54) is 32.1 Å². The molecule has 1 aliphatic rings. The molecule has 0 aromatic heterocycles. The van der Waals surface area contributed by atoms with Crippen molar-refractivity contribution in [3.63, 3.8) is 0 Å². The van der Waals surface area contributed by atoms with Gasteiger partial charge in [0.1, 0.15) is 0 Å². The molecule has 1 saturated carbocycles. The molecule has 0 unspecified atom stereocenters. The summed E-state index contributed by atoms with van der Waals surface area (Å²) in [5, 5.41) is 8.50. The highest BCUT2D eigenvalue weighted by Gasteiger charge is 2.15. The number of rotatable bonds is 5. The van der Waals surface area contributed by atoms with E-state index in [2.05, 4.69) is 16.0 Å². The first-order valence-electron chi connectivity index (χ1n) is 8.51. The Bertz CT molecular complexity index is 598. The Morgan fingerprint density at radius 1 is 1.21 bits per heavy atom. The van der Waals surface area contributed by atoms with Gasteiger partial charge in [0.05, 0.1) is 0 Å². The van der Waals surface area contributed by atoms with Crippen LogP contribution in [-0.2, 0) is 4.79 Å². The molecular weight excluding hydrogens is 322 g/mol. The molecule has 0 saturated heterocycles. The van der Waals surface area contributed by atoms with E-state index in [0.717, 1.165) is 6.42 Å². The van der Waals surface area contributed by atoms with Crippen molar-refractivity contribution in [1.82, 2.24) is 10.6 Å². The molecule has 0 atom stereocenters. The fraction of sp³-hybridized carbons (Fsp3) is 0.500. The number of thiocarbonyl (C=S) groups is 1. The van der Waals surface area contributed by atoms with Crippen molar-refractivity contribution in [2.24, 2.45) is 5.92 Å². The van der Waals surface area contributed by atoms with Gasteiger partial charge >= 0.3 is 0 Å². The van der Waals surface area contributed by atoms with E-state index in [9.17, 15) is 9.59 Å². The van der Waals surface area contributed by atoms with E-state index in [0.29, 0.717) is 23.6 Å². The zero-order valence-corrected chi connectivity index (χ0v) is 14.9. The molecule has 2 amide bonds. The van der Waals surface area contributed by atoms with E-state index < -0.39 is 0 Å². The highest BCUT2D eigenvalue weighted by atomic mass is 32.1. The summed E-state index contributed by atoms with van der Waals surface area (Å²) >= 11 is 5.18. The van der Waals surface area contributed by atoms with Crippen LogP contribution in [-0.4, -0.2) is 24.0 Å². The molecule has 3 N–H and O–H groups in total. The Hall–Kier alpha value is -1.95. The molecule has 1 aromatic carbocycles. The molecule has 0 radical (unpaired) electrons. The Morgan fingerprint density at radius 3 is 2.67 bits per heavy atom. The van der Waals surface area contributed by atoms with Crippen LogP contribution in [0.15, 0.2) is 24.3 Å². The van der Waals surface area contributed by atoms with Gasteiger partial charge in [-0.1, -0.05) is 38.2 Å². The maximum atomic E-state index is 12.0. The molecule has 6 heteroatoms. The van der Waals surface area contributed by atoms with Crippen LogP contribution in [0, 0.1) is 5.92 Å². The predicted octanol–water partition coefficient (Wildman–Crippen LogP) is 3.22. The number of benzene rings is 1. The summed E-state index contributed by atoms with van der Waals surface area (Å²) < 4.78 is 0. The second-order valence-corrected chi connectivity index (χ2v) is 6.61. The average Bonchev–Trinajstić information content (AvgIpc) is 2.60. The Balaban J connectivity index is 1.77. The van der Waals surface area contributed by atoms with Gasteiger partial charge in [-0.3, -0.25) is 9.59 Å². The number of amides is 2. The first-order chi connectivity index (χ1) is 11.6. The number of carbonyl (C=O) groups excluding carboxylic acids is 2. The van der Waals surface area contributed by atoms with Crippen LogP contribution < -0.4 is 16.0 Å². The second-order valence-electron chi connectivity index (χ2n) is 6.20. The largest absolute Gasteiger partial charge is 0.355 e. The molecule has 0 bridgehead atoms. The summed E-state index contributed by atoms with van der Waals surface area (Å²) in [7, 11) is 1.58. The minimum atomic E-state index is -0.166. The highest BCUT2D eigenvalue weighted by Crippen LogP contribution is 2.27. The van der Waals surface area contributed by atoms with Crippen LogP contribution in [0.4, 0.5) is 5.69 Å². The van der Waals surface area contributed by atoms with Crippen molar-refractivity contribution in [3.05, 3.63) is 29.8 Å². The van der Waals surface area contributed by atoms with Crippen molar-refractivity contribution in [2.75, 3.05) is 12.4 Å². The van der Waals surface area contributed by atoms with Crippen LogP contribution in [0.3, 0.4) is 0 Å². The summed E-state index contributed by atoms with van der Waals surface area (Å²) in [6, 6.07) is 6.97. The van der Waals surface area contributed by atoms with E-state index in [1.807, 2.05) is 0 Å². The SMILES string of the molecule is CNC(=O)c1cccc(NC(=S)NC(=O)CCC2CCCCC2)c1. The smallest absolute Gasteiger partial charge is 0.251 e. The molecule has 1 aromatic rings. The molecule has 130 valence electrons. The van der Waals surface area contributed by atoms with E-state index in [4.69, 9.17) is 12.2 Å². The third-order valence-electron chi connectivity index (χ3n) is 4.37. The summed E-state index contributed by atoms with van der Waals surface area (Å²) in [6.07, 6.45) is 7.81. The van der Waals surface area contributed by atoms with Gasteiger partial charge in [0.15, 0.2) is 5.11 Å². The molecule has 1 fully saturated rings. The summed E-state index contributed by atoms with van der Waals surface area (Å²) in [4.78, 5) is 23.6. The van der Waals surface area contributed by atoms with Crippen LogP contribution in [0.2, 0.25) is 0 Å². The number of nitrogens with one attached hydrogen (secondary N) is 3. The Morgan fingerprint density at radius 2 is 1.96 bits per heavy atom. The lowest BCUT2D eigenvalue weighted by Crippen LogP contribution is -2.34. The number of hydrogen-bond donors (Lipinski definition) is 3. The third-order valence-corrected chi connectivity index (χ3v) is 4.57. The fourth-order valence-corrected chi connectivity index (χ4v) is 3.28. The van der Waals surface area contributed by atoms with E-state index >= 15 is 0 Å². The van der Waals surface area contributed by atoms with Crippen LogP contribution >= 0.6 is 12.2 Å². The van der Waals surface area contributed by atoms with E-state index in [1.54, 1.807) is 31.3 Å². The minimum absolute atomic E-state index is 0.0551. The first-order valence-corrected chi connectivity index (χ1v) is 8.92. The molecule has 24 heavy (non-hydrogen) atoms. The third kappa shape index (κ3) is 5.92. The van der Waals surface area contributed by atoms with Crippen LogP contribution in [0.25, 0.3) is 0 Å². The lowest BCUT2D eigenvalue weighted by Gasteiger charge is -2.21. The summed E-state index contributed by atoms with van der Waals surface area (Å²) in [5.41, 5.74) is 1.21. The average molecular weight is 347 g/mol. The van der Waals surface area contributed by atoms with Crippen LogP contribution in [0.5, 0.6) is 0 Å². The van der Waals surface area contributed by atoms with Gasteiger partial charge in [-0.25, -0.2) is 0 Å². The van der Waals surface area contributed by atoms with Gasteiger partial charge < -0.3 is 16.0 Å². The minimum Gasteiger partial charge on any atom is -0.355 e. The van der Waals surface area contributed by atoms with Crippen LogP contribution in [0.1, 0.15) is 55.3 Å². The summed E-state index contributed by atoms with van der Waals surface area (Å²) in [5.74, 6) is 0.455. The monoisotopic (exact) mass is 347 g/mol. The molecule has 1 aliphatic carbocycles. The zero-order valence-electron chi connectivity index (χ0n) is 14.1. The van der Waals surface area contributed by atoms with Crippen molar-refractivity contribution in [3.8, 4) is 0 Å². The maximum absolute atomic E-state index is 12.0. The first kappa shape index (κ1) is 18.4. The predicted molar refractivity (Wildman–Crippen MR) is 100 cm³/mol. The molecule has 5 nitrogen and oxygen atoms in total. The lowest BCUT2D eigenvalue weighted by atomic mass is 9.86. The highest BCUT2D eigenvalue weighted by molar-refractivity contribution is 7.80. The number of anilines is 1. The van der Waals surface area contributed by atoms with Gasteiger partial charge in [-0.2, -0.15) is 0 Å². The normalized spacial score (nSPS) is 14.7. The van der Waals surface area contributed by atoms with E-state index in [-0.39, 0.29) is 16.9 Å². The number of hydrogen-bond acceptors (Lipinski definition) is 3. The summed E-state index contributed by atoms with van der Waals surface area (Å²) in [6.45, 7) is 0. The second kappa shape index (κ2) is 9.37. The molecule has 0 heterocycles. The topological polar surface area (TPSA) is 70.2 Å². The van der Waals surface area contributed by atoms with Gasteiger partial charge in [0.2, 0.25) is 5.91 Å². The Labute approximate surface area is 148 Å². The zero-order chi connectivity index (χ0) is 17.4. The Kier molecular flexibility index (Phi) is 7.18. The molecular formula is C18H25N3O2S. The van der Waals surface area contributed by atoms with Gasteiger partial charge in [0.25, 0.3) is 5.91 Å². The molecule has 0 aliphatic heterocycles. The van der Waals surface area contributed by atoms with Crippen molar-refractivity contribution < 1.29 is 9.59 Å². The quantitative estimate of drug-likeness (QED) is 0.715. The maximum Gasteiger partial charge on any atom is 0.251 e. The number of carbonyl (C=O) groups is 2. The van der Waals surface area contributed by atoms with Gasteiger partial charge in [-0.05, 0) is 42.8 Å². The molecule has 0 spiro atoms. The lowest BCUT2D eigenvalue weighted by molar-refractivity contribution is -0.120. The standard InChI is InChI=1S/C18H25N3O2S/c1-19-17(23)14-8-5-9-15(12-14)20-18(24)21-16(22)11-10-13-6-3-2-4-7-13/h5,8-9,12-13H,2-4,6-7,10-11H2,1H3,(H,19,23)(H2,20,21,22,24).